The molecule has 0 fully saturated rings. The lowest BCUT2D eigenvalue weighted by molar-refractivity contribution is 0.924. The number of hydrogen-bond donors (Lipinski definition) is 0. The van der Waals surface area contributed by atoms with Crippen molar-refractivity contribution in [2.24, 2.45) is 0 Å². The van der Waals surface area contributed by atoms with Gasteiger partial charge in [-0.05, 0) is 34.7 Å². The third kappa shape index (κ3) is 3.36. The van der Waals surface area contributed by atoms with Crippen LogP contribution in [-0.4, -0.2) is 0 Å². The second-order valence-electron chi connectivity index (χ2n) is 6.49. The first-order valence-corrected chi connectivity index (χ1v) is 10.0. The maximum Gasteiger partial charge on any atom is 0.0430 e. The van der Waals surface area contributed by atoms with Crippen molar-refractivity contribution in [2.45, 2.75) is 19.8 Å². The Kier molecular flexibility index (Phi) is 4.99. The van der Waals surface area contributed by atoms with Gasteiger partial charge in [0, 0.05) is 15.3 Å². The second-order valence-corrected chi connectivity index (χ2v) is 7.54. The maximum atomic E-state index is 2.35. The standard InChI is InChI=1S/C25H22S/c1-2-11-19-14-9-10-17-22(19)25-23(20-12-5-3-6-13-20)18-24(26-25)21-15-7-4-8-16-21/h3-10,12-18H,2,11H2,1H3. The summed E-state index contributed by atoms with van der Waals surface area (Å²) in [7, 11) is 0. The summed E-state index contributed by atoms with van der Waals surface area (Å²) in [4.78, 5) is 2.70. The summed E-state index contributed by atoms with van der Waals surface area (Å²) < 4.78 is 0. The first-order chi connectivity index (χ1) is 12.9. The summed E-state index contributed by atoms with van der Waals surface area (Å²) in [6.45, 7) is 2.25. The molecule has 0 aliphatic carbocycles. The van der Waals surface area contributed by atoms with Crippen LogP contribution >= 0.6 is 11.3 Å². The summed E-state index contributed by atoms with van der Waals surface area (Å²) >= 11 is 1.90. The molecule has 1 aromatic heterocycles. The van der Waals surface area contributed by atoms with Crippen LogP contribution in [0.5, 0.6) is 0 Å². The molecule has 3 aromatic carbocycles. The number of rotatable bonds is 5. The van der Waals surface area contributed by atoms with Crippen molar-refractivity contribution in [1.29, 1.82) is 0 Å². The Bertz CT molecular complexity index is 981. The molecule has 0 atom stereocenters. The lowest BCUT2D eigenvalue weighted by atomic mass is 9.97. The van der Waals surface area contributed by atoms with Crippen LogP contribution in [0.3, 0.4) is 0 Å². The summed E-state index contributed by atoms with van der Waals surface area (Å²) in [6, 6.07) is 32.7. The molecule has 0 aliphatic heterocycles. The van der Waals surface area contributed by atoms with E-state index in [9.17, 15) is 0 Å². The summed E-state index contributed by atoms with van der Waals surface area (Å²) in [5.41, 5.74) is 6.72. The molecule has 0 N–H and O–H groups in total. The molecule has 0 unspecified atom stereocenters. The Labute approximate surface area is 159 Å². The molecule has 128 valence electrons. The van der Waals surface area contributed by atoms with Crippen molar-refractivity contribution < 1.29 is 0 Å². The van der Waals surface area contributed by atoms with E-state index in [0.29, 0.717) is 0 Å². The highest BCUT2D eigenvalue weighted by atomic mass is 32.1. The molecular weight excluding hydrogens is 332 g/mol. The van der Waals surface area contributed by atoms with Crippen LogP contribution < -0.4 is 0 Å². The zero-order valence-corrected chi connectivity index (χ0v) is 15.8. The molecule has 1 heterocycles. The van der Waals surface area contributed by atoms with Gasteiger partial charge >= 0.3 is 0 Å². The highest BCUT2D eigenvalue weighted by molar-refractivity contribution is 7.19. The summed E-state index contributed by atoms with van der Waals surface area (Å²) in [6.07, 6.45) is 2.28. The molecule has 0 radical (unpaired) electrons. The van der Waals surface area contributed by atoms with E-state index < -0.39 is 0 Å². The van der Waals surface area contributed by atoms with Gasteiger partial charge in [-0.1, -0.05) is 98.3 Å². The molecule has 4 rings (SSSR count). The van der Waals surface area contributed by atoms with Crippen molar-refractivity contribution in [1.82, 2.24) is 0 Å². The van der Waals surface area contributed by atoms with Gasteiger partial charge < -0.3 is 0 Å². The van der Waals surface area contributed by atoms with Crippen molar-refractivity contribution in [3.8, 4) is 32.0 Å². The van der Waals surface area contributed by atoms with Gasteiger partial charge in [-0.15, -0.1) is 11.3 Å². The zero-order chi connectivity index (χ0) is 17.8. The van der Waals surface area contributed by atoms with Crippen molar-refractivity contribution in [2.75, 3.05) is 0 Å². The molecule has 0 nitrogen and oxygen atoms in total. The zero-order valence-electron chi connectivity index (χ0n) is 15.0. The normalized spacial score (nSPS) is 10.8. The van der Waals surface area contributed by atoms with Gasteiger partial charge in [0.25, 0.3) is 0 Å². The molecule has 0 saturated carbocycles. The van der Waals surface area contributed by atoms with Crippen molar-refractivity contribution in [3.05, 3.63) is 96.6 Å². The third-order valence-corrected chi connectivity index (χ3v) is 5.87. The smallest absolute Gasteiger partial charge is 0.0430 e. The van der Waals surface area contributed by atoms with E-state index >= 15 is 0 Å². The summed E-state index contributed by atoms with van der Waals surface area (Å²) in [5.74, 6) is 0. The van der Waals surface area contributed by atoms with E-state index in [1.165, 1.54) is 37.6 Å². The van der Waals surface area contributed by atoms with Gasteiger partial charge in [-0.2, -0.15) is 0 Å². The molecule has 0 bridgehead atoms. The molecule has 0 aliphatic rings. The predicted molar refractivity (Wildman–Crippen MR) is 115 cm³/mol. The minimum absolute atomic E-state index is 1.11. The third-order valence-electron chi connectivity index (χ3n) is 4.66. The van der Waals surface area contributed by atoms with Gasteiger partial charge in [0.2, 0.25) is 0 Å². The van der Waals surface area contributed by atoms with Gasteiger partial charge in [0.15, 0.2) is 0 Å². The van der Waals surface area contributed by atoms with Crippen LogP contribution in [-0.2, 0) is 6.42 Å². The SMILES string of the molecule is CCCc1ccccc1-c1sc(-c2ccccc2)cc1-c1ccccc1. The predicted octanol–water partition coefficient (Wildman–Crippen LogP) is 7.70. The molecule has 0 spiro atoms. The molecular formula is C25H22S. The topological polar surface area (TPSA) is 0 Å². The van der Waals surface area contributed by atoms with Gasteiger partial charge in [0.05, 0.1) is 0 Å². The van der Waals surface area contributed by atoms with Crippen LogP contribution in [0.2, 0.25) is 0 Å². The second kappa shape index (κ2) is 7.72. The lowest BCUT2D eigenvalue weighted by Crippen LogP contribution is -1.88. The number of benzene rings is 3. The largest absolute Gasteiger partial charge is 0.135 e. The number of hydrogen-bond acceptors (Lipinski definition) is 1. The van der Waals surface area contributed by atoms with E-state index in [-0.39, 0.29) is 0 Å². The summed E-state index contributed by atoms with van der Waals surface area (Å²) in [5, 5.41) is 0. The van der Waals surface area contributed by atoms with Crippen LogP contribution in [0.15, 0.2) is 91.0 Å². The Morgan fingerprint density at radius 3 is 1.96 bits per heavy atom. The van der Waals surface area contributed by atoms with Crippen LogP contribution in [0.1, 0.15) is 18.9 Å². The Morgan fingerprint density at radius 1 is 0.654 bits per heavy atom. The number of thiophene rings is 1. The highest BCUT2D eigenvalue weighted by Gasteiger charge is 2.16. The van der Waals surface area contributed by atoms with Crippen LogP contribution in [0, 0.1) is 0 Å². The molecule has 0 amide bonds. The van der Waals surface area contributed by atoms with Crippen molar-refractivity contribution in [3.63, 3.8) is 0 Å². The van der Waals surface area contributed by atoms with E-state index in [4.69, 9.17) is 0 Å². The fourth-order valence-electron chi connectivity index (χ4n) is 3.40. The van der Waals surface area contributed by atoms with Crippen LogP contribution in [0.25, 0.3) is 32.0 Å². The monoisotopic (exact) mass is 354 g/mol. The maximum absolute atomic E-state index is 2.35. The molecule has 0 saturated heterocycles. The van der Waals surface area contributed by atoms with E-state index in [1.807, 2.05) is 11.3 Å². The molecule has 26 heavy (non-hydrogen) atoms. The van der Waals surface area contributed by atoms with Crippen molar-refractivity contribution >= 4 is 11.3 Å². The first kappa shape index (κ1) is 16.8. The molecule has 4 aromatic rings. The van der Waals surface area contributed by atoms with Gasteiger partial charge in [0.1, 0.15) is 0 Å². The van der Waals surface area contributed by atoms with E-state index in [1.54, 1.807) is 0 Å². The average molecular weight is 355 g/mol. The fourth-order valence-corrected chi connectivity index (χ4v) is 4.64. The average Bonchev–Trinajstić information content (AvgIpc) is 3.15. The van der Waals surface area contributed by atoms with Gasteiger partial charge in [-0.3, -0.25) is 0 Å². The minimum atomic E-state index is 1.11. The van der Waals surface area contributed by atoms with E-state index in [0.717, 1.165) is 12.8 Å². The molecule has 1 heteroatoms. The highest BCUT2D eigenvalue weighted by Crippen LogP contribution is 2.44. The Balaban J connectivity index is 1.92. The van der Waals surface area contributed by atoms with E-state index in [2.05, 4.69) is 97.9 Å². The minimum Gasteiger partial charge on any atom is -0.135 e. The Hall–Kier alpha value is -2.64. The van der Waals surface area contributed by atoms with Crippen LogP contribution in [0.4, 0.5) is 0 Å². The number of aryl methyl sites for hydroxylation is 1. The lowest BCUT2D eigenvalue weighted by Gasteiger charge is -2.10. The first-order valence-electron chi connectivity index (χ1n) is 9.19. The Morgan fingerprint density at radius 2 is 1.27 bits per heavy atom. The van der Waals surface area contributed by atoms with Gasteiger partial charge in [-0.25, -0.2) is 0 Å². The quantitative estimate of drug-likeness (QED) is 0.344. The fraction of sp³-hybridized carbons (Fsp3) is 0.120.